The van der Waals surface area contributed by atoms with Crippen LogP contribution in [0.3, 0.4) is 0 Å². The van der Waals surface area contributed by atoms with E-state index in [-0.39, 0.29) is 36.0 Å². The third-order valence-electron chi connectivity index (χ3n) is 7.08. The van der Waals surface area contributed by atoms with Crippen molar-refractivity contribution in [1.82, 2.24) is 0 Å². The molecule has 0 saturated heterocycles. The lowest BCUT2D eigenvalue weighted by Gasteiger charge is -2.17. The number of aryl methyl sites for hydroxylation is 1. The van der Waals surface area contributed by atoms with Gasteiger partial charge in [-0.25, -0.2) is 8.78 Å². The topological polar surface area (TPSA) is 40.9 Å². The van der Waals surface area contributed by atoms with E-state index >= 15 is 0 Å². The Bertz CT molecular complexity index is 1050. The molecule has 1 aromatic rings. The van der Waals surface area contributed by atoms with Gasteiger partial charge in [0, 0.05) is 36.5 Å². The van der Waals surface area contributed by atoms with E-state index in [1.54, 1.807) is 0 Å². The summed E-state index contributed by atoms with van der Waals surface area (Å²) in [5.41, 5.74) is 2.68. The molecule has 1 atom stereocenters. The molecule has 2 nitrogen and oxygen atoms in total. The lowest BCUT2D eigenvalue weighted by atomic mass is 9.89. The zero-order chi connectivity index (χ0) is 27.4. The lowest BCUT2D eigenvalue weighted by molar-refractivity contribution is -0.137. The number of nitrogens with one attached hydrogen (secondary N) is 1. The van der Waals surface area contributed by atoms with Crippen LogP contribution in [0.1, 0.15) is 88.8 Å². The van der Waals surface area contributed by atoms with E-state index in [1.165, 1.54) is 11.1 Å². The van der Waals surface area contributed by atoms with Gasteiger partial charge in [0.15, 0.2) is 0 Å². The second kappa shape index (κ2) is 11.9. The summed E-state index contributed by atoms with van der Waals surface area (Å²) >= 11 is 0. The van der Waals surface area contributed by atoms with E-state index in [0.29, 0.717) is 38.0 Å². The zero-order valence-electron chi connectivity index (χ0n) is 21.8. The average molecular weight is 522 g/mol. The number of ketones is 1. The number of fused-ring (bicyclic) bond motifs is 1. The van der Waals surface area contributed by atoms with Crippen molar-refractivity contribution in [1.29, 1.82) is 5.41 Å². The first-order valence-electron chi connectivity index (χ1n) is 13.2. The van der Waals surface area contributed by atoms with Crippen LogP contribution in [0.25, 0.3) is 0 Å². The van der Waals surface area contributed by atoms with Crippen molar-refractivity contribution in [3.8, 4) is 0 Å². The number of rotatable bonds is 8. The fourth-order valence-corrected chi connectivity index (χ4v) is 5.13. The van der Waals surface area contributed by atoms with Gasteiger partial charge in [0.2, 0.25) is 0 Å². The van der Waals surface area contributed by atoms with E-state index in [4.69, 9.17) is 5.41 Å². The van der Waals surface area contributed by atoms with Crippen molar-refractivity contribution >= 4 is 11.5 Å². The van der Waals surface area contributed by atoms with E-state index in [0.717, 1.165) is 43.4 Å². The fourth-order valence-electron chi connectivity index (χ4n) is 5.13. The number of alkyl halides is 5. The van der Waals surface area contributed by atoms with Crippen LogP contribution in [0.5, 0.6) is 0 Å². The van der Waals surface area contributed by atoms with Gasteiger partial charge in [0.05, 0.1) is 5.56 Å². The summed E-state index contributed by atoms with van der Waals surface area (Å²) < 4.78 is 67.2. The van der Waals surface area contributed by atoms with Crippen molar-refractivity contribution in [2.45, 2.75) is 90.7 Å². The maximum Gasteiger partial charge on any atom is 0.416 e. The van der Waals surface area contributed by atoms with Gasteiger partial charge >= 0.3 is 6.18 Å². The summed E-state index contributed by atoms with van der Waals surface area (Å²) in [5.74, 6) is -3.43. The third-order valence-corrected chi connectivity index (χ3v) is 7.08. The molecule has 202 valence electrons. The fraction of sp³-hybridized carbons (Fsp3) is 0.533. The molecule has 1 aromatic carbocycles. The molecule has 1 N–H and O–H groups in total. The van der Waals surface area contributed by atoms with Crippen LogP contribution in [0, 0.1) is 17.2 Å². The predicted octanol–water partition coefficient (Wildman–Crippen LogP) is 9.15. The number of allylic oxidation sites excluding steroid dienone is 6. The highest BCUT2D eigenvalue weighted by Gasteiger charge is 2.34. The van der Waals surface area contributed by atoms with E-state index < -0.39 is 23.2 Å². The maximum atomic E-state index is 13.8. The van der Waals surface area contributed by atoms with Crippen molar-refractivity contribution in [2.24, 2.45) is 11.8 Å². The van der Waals surface area contributed by atoms with E-state index in [2.05, 4.69) is 12.2 Å². The molecule has 0 aromatic heterocycles. The van der Waals surface area contributed by atoms with Crippen LogP contribution >= 0.6 is 0 Å². The SMILES string of the molecule is CC.CC(F)(F)c1cc(CCC(=O)C2CCCC/C(=C\C(=N)CC3C=C4CC4=C3)C2)cc(C(F)(F)F)c1. The number of benzene rings is 1. The van der Waals surface area contributed by atoms with E-state index in [9.17, 15) is 26.7 Å². The van der Waals surface area contributed by atoms with Crippen LogP contribution in [0.4, 0.5) is 22.0 Å². The minimum absolute atomic E-state index is 0.00858. The summed E-state index contributed by atoms with van der Waals surface area (Å²) in [6.45, 7) is 4.57. The third kappa shape index (κ3) is 8.21. The van der Waals surface area contributed by atoms with Gasteiger partial charge in [0.25, 0.3) is 5.92 Å². The first-order chi connectivity index (χ1) is 17.4. The van der Waals surface area contributed by atoms with Crippen molar-refractivity contribution in [3.05, 3.63) is 69.8 Å². The smallest absolute Gasteiger partial charge is 0.305 e. The zero-order valence-corrected chi connectivity index (χ0v) is 21.8. The molecule has 2 fully saturated rings. The Morgan fingerprint density at radius 1 is 1.03 bits per heavy atom. The first-order valence-corrected chi connectivity index (χ1v) is 13.2. The summed E-state index contributed by atoms with van der Waals surface area (Å²) in [4.78, 5) is 13.0. The molecule has 0 bridgehead atoms. The molecule has 3 aliphatic carbocycles. The second-order valence-corrected chi connectivity index (χ2v) is 10.2. The summed E-state index contributed by atoms with van der Waals surface area (Å²) in [6.07, 6.45) is 7.21. The van der Waals surface area contributed by atoms with Gasteiger partial charge in [0.1, 0.15) is 5.78 Å². The van der Waals surface area contributed by atoms with Crippen LogP contribution in [0.2, 0.25) is 0 Å². The second-order valence-electron chi connectivity index (χ2n) is 10.2. The minimum Gasteiger partial charge on any atom is -0.305 e. The average Bonchev–Trinajstić information content (AvgIpc) is 3.51. The monoisotopic (exact) mass is 521 g/mol. The molecule has 0 heterocycles. The molecule has 0 aliphatic heterocycles. The van der Waals surface area contributed by atoms with Crippen molar-refractivity contribution in [2.75, 3.05) is 0 Å². The Morgan fingerprint density at radius 2 is 1.68 bits per heavy atom. The summed E-state index contributed by atoms with van der Waals surface area (Å²) in [6, 6.07) is 2.41. The molecular formula is C30H36F5NO. The Kier molecular flexibility index (Phi) is 9.30. The molecular weight excluding hydrogens is 485 g/mol. The van der Waals surface area contributed by atoms with Gasteiger partial charge < -0.3 is 5.41 Å². The van der Waals surface area contributed by atoms with Gasteiger partial charge in [-0.2, -0.15) is 13.2 Å². The lowest BCUT2D eigenvalue weighted by Crippen LogP contribution is -2.16. The van der Waals surface area contributed by atoms with Gasteiger partial charge in [-0.1, -0.05) is 38.0 Å². The molecule has 2 saturated carbocycles. The number of carbonyl (C=O) groups excluding carboxylic acids is 1. The normalized spacial score (nSPS) is 20.9. The van der Waals surface area contributed by atoms with Crippen LogP contribution in [-0.2, 0) is 23.3 Å². The molecule has 7 heteroatoms. The van der Waals surface area contributed by atoms with Crippen LogP contribution < -0.4 is 0 Å². The molecule has 3 aliphatic rings. The molecule has 0 spiro atoms. The van der Waals surface area contributed by atoms with Gasteiger partial charge in [-0.05, 0) is 85.9 Å². The highest BCUT2D eigenvalue weighted by atomic mass is 19.4. The van der Waals surface area contributed by atoms with Gasteiger partial charge in [-0.15, -0.1) is 0 Å². The predicted molar refractivity (Wildman–Crippen MR) is 137 cm³/mol. The van der Waals surface area contributed by atoms with Crippen molar-refractivity contribution in [3.63, 3.8) is 0 Å². The highest BCUT2D eigenvalue weighted by molar-refractivity contribution is 5.93. The number of carbonyl (C=O) groups is 1. The van der Waals surface area contributed by atoms with E-state index in [1.807, 2.05) is 19.9 Å². The summed E-state index contributed by atoms with van der Waals surface area (Å²) in [7, 11) is 0. The first kappa shape index (κ1) is 29.0. The number of hydrogen-bond donors (Lipinski definition) is 1. The maximum absolute atomic E-state index is 13.8. The largest absolute Gasteiger partial charge is 0.416 e. The Morgan fingerprint density at radius 3 is 2.30 bits per heavy atom. The molecule has 1 unspecified atom stereocenters. The van der Waals surface area contributed by atoms with Crippen LogP contribution in [0.15, 0.2) is 53.1 Å². The Balaban J connectivity index is 0.00000186. The quantitative estimate of drug-likeness (QED) is 0.207. The highest BCUT2D eigenvalue weighted by Crippen LogP contribution is 2.44. The molecule has 0 radical (unpaired) electrons. The minimum atomic E-state index is -4.74. The Labute approximate surface area is 216 Å². The van der Waals surface area contributed by atoms with Gasteiger partial charge in [-0.3, -0.25) is 4.79 Å². The van der Waals surface area contributed by atoms with Crippen molar-refractivity contribution < 1.29 is 26.7 Å². The molecule has 37 heavy (non-hydrogen) atoms. The number of Topliss-reactive ketones (excluding diaryl/α,β-unsaturated/α-hetero) is 1. The molecule has 4 rings (SSSR count). The Hall–Kier alpha value is -2.57. The number of halogens is 5. The molecule has 0 amide bonds. The summed E-state index contributed by atoms with van der Waals surface area (Å²) in [5, 5.41) is 8.38. The number of hydrogen-bond acceptors (Lipinski definition) is 2. The van der Waals surface area contributed by atoms with Crippen LogP contribution in [-0.4, -0.2) is 11.5 Å². The standard InChI is InChI=1S/C28H30F5NO.C2H6/c1-27(29,30)23-11-18(12-24(16-23)28(31,32)33)6-7-26(35)20-5-3-2-4-17(8-20)13-25(34)14-19-9-21-15-22(21)10-19;1-2/h9-13,16,19-20,34H,2-8,14-15H2,1H3;1-2H3/b17-13+,34-25?;.